The van der Waals surface area contributed by atoms with Gasteiger partial charge in [-0.15, -0.1) is 11.6 Å². The summed E-state index contributed by atoms with van der Waals surface area (Å²) in [6.45, 7) is 2.70. The highest BCUT2D eigenvalue weighted by Gasteiger charge is 2.35. The number of carbonyl (C=O) groups is 2. The molecule has 1 aliphatic heterocycles. The Balaban J connectivity index is 2.12. The number of carbonyl (C=O) groups excluding carboxylic acids is 2. The molecule has 0 radical (unpaired) electrons. The zero-order chi connectivity index (χ0) is 14.5. The van der Waals surface area contributed by atoms with Crippen LogP contribution in [0.3, 0.4) is 0 Å². The molecule has 0 aliphatic carbocycles. The zero-order valence-electron chi connectivity index (χ0n) is 11.5. The van der Waals surface area contributed by atoms with Crippen molar-refractivity contribution in [2.24, 2.45) is 0 Å². The molecule has 1 unspecified atom stereocenters. The summed E-state index contributed by atoms with van der Waals surface area (Å²) in [5.74, 6) is -0.0127. The third kappa shape index (κ3) is 3.12. The number of esters is 1. The Morgan fingerprint density at radius 3 is 2.65 bits per heavy atom. The van der Waals surface area contributed by atoms with Crippen LogP contribution < -0.4 is 0 Å². The van der Waals surface area contributed by atoms with E-state index >= 15 is 0 Å². The molecule has 4 nitrogen and oxygen atoms in total. The summed E-state index contributed by atoms with van der Waals surface area (Å²) in [6, 6.07) is 6.71. The summed E-state index contributed by atoms with van der Waals surface area (Å²) in [6.07, 6.45) is 1.50. The van der Waals surface area contributed by atoms with Crippen molar-refractivity contribution in [1.29, 1.82) is 0 Å². The minimum absolute atomic E-state index is 0.123. The summed E-state index contributed by atoms with van der Waals surface area (Å²) < 4.78 is 5.03. The summed E-state index contributed by atoms with van der Waals surface area (Å²) in [4.78, 5) is 25.9. The zero-order valence-corrected chi connectivity index (χ0v) is 12.2. The lowest BCUT2D eigenvalue weighted by Gasteiger charge is -2.23. The van der Waals surface area contributed by atoms with Crippen LogP contribution in [0.1, 0.15) is 35.7 Å². The highest BCUT2D eigenvalue weighted by Crippen LogP contribution is 2.21. The Morgan fingerprint density at radius 1 is 1.35 bits per heavy atom. The van der Waals surface area contributed by atoms with Gasteiger partial charge in [-0.2, -0.15) is 0 Å². The fourth-order valence-electron chi connectivity index (χ4n) is 2.40. The van der Waals surface area contributed by atoms with Gasteiger partial charge in [0.05, 0.1) is 6.61 Å². The van der Waals surface area contributed by atoms with Crippen LogP contribution in [0.25, 0.3) is 0 Å². The van der Waals surface area contributed by atoms with Crippen molar-refractivity contribution in [1.82, 2.24) is 4.90 Å². The molecular formula is C15H18ClNO3. The second-order valence-electron chi connectivity index (χ2n) is 4.74. The van der Waals surface area contributed by atoms with Crippen molar-refractivity contribution >= 4 is 23.5 Å². The maximum atomic E-state index is 12.5. The highest BCUT2D eigenvalue weighted by atomic mass is 35.5. The lowest BCUT2D eigenvalue weighted by atomic mass is 10.1. The van der Waals surface area contributed by atoms with Gasteiger partial charge in [-0.05, 0) is 37.5 Å². The van der Waals surface area contributed by atoms with Crippen molar-refractivity contribution in [3.8, 4) is 0 Å². The van der Waals surface area contributed by atoms with Crippen LogP contribution in [0.2, 0.25) is 0 Å². The molecule has 0 saturated carbocycles. The van der Waals surface area contributed by atoms with Crippen LogP contribution in [0, 0.1) is 0 Å². The SMILES string of the molecule is CCOC(=O)C1CCCN1C(=O)c1ccc(CCl)cc1. The summed E-state index contributed by atoms with van der Waals surface area (Å²) >= 11 is 5.73. The van der Waals surface area contributed by atoms with Crippen LogP contribution in [0.5, 0.6) is 0 Å². The van der Waals surface area contributed by atoms with Crippen LogP contribution in [-0.2, 0) is 15.4 Å². The van der Waals surface area contributed by atoms with E-state index in [1.54, 1.807) is 24.0 Å². The van der Waals surface area contributed by atoms with Gasteiger partial charge in [0, 0.05) is 18.0 Å². The van der Waals surface area contributed by atoms with Crippen molar-refractivity contribution in [3.05, 3.63) is 35.4 Å². The summed E-state index contributed by atoms with van der Waals surface area (Å²) in [5, 5.41) is 0. The largest absolute Gasteiger partial charge is 0.464 e. The number of hydrogen-bond acceptors (Lipinski definition) is 3. The Bertz CT molecular complexity index is 486. The van der Waals surface area contributed by atoms with E-state index in [-0.39, 0.29) is 11.9 Å². The molecule has 1 aliphatic rings. The minimum Gasteiger partial charge on any atom is -0.464 e. The van der Waals surface area contributed by atoms with Crippen LogP contribution in [0.4, 0.5) is 0 Å². The fraction of sp³-hybridized carbons (Fsp3) is 0.467. The molecule has 1 aromatic rings. The molecule has 1 atom stereocenters. The first kappa shape index (κ1) is 14.9. The quantitative estimate of drug-likeness (QED) is 0.633. The highest BCUT2D eigenvalue weighted by molar-refractivity contribution is 6.17. The van der Waals surface area contributed by atoms with E-state index in [0.29, 0.717) is 31.0 Å². The number of nitrogens with zero attached hydrogens (tertiary/aromatic N) is 1. The number of amides is 1. The van der Waals surface area contributed by atoms with E-state index < -0.39 is 6.04 Å². The predicted molar refractivity (Wildman–Crippen MR) is 76.7 cm³/mol. The molecule has 108 valence electrons. The molecule has 5 heteroatoms. The second kappa shape index (κ2) is 6.75. The van der Waals surface area contributed by atoms with Crippen molar-refractivity contribution < 1.29 is 14.3 Å². The maximum absolute atomic E-state index is 12.5. The van der Waals surface area contributed by atoms with E-state index in [1.165, 1.54) is 0 Å². The maximum Gasteiger partial charge on any atom is 0.328 e. The molecule has 2 rings (SSSR count). The van der Waals surface area contributed by atoms with Crippen molar-refractivity contribution in [2.45, 2.75) is 31.7 Å². The average Bonchev–Trinajstić information content (AvgIpc) is 2.96. The van der Waals surface area contributed by atoms with Crippen LogP contribution >= 0.6 is 11.6 Å². The van der Waals surface area contributed by atoms with Gasteiger partial charge in [0.2, 0.25) is 0 Å². The van der Waals surface area contributed by atoms with Gasteiger partial charge >= 0.3 is 5.97 Å². The summed E-state index contributed by atoms with van der Waals surface area (Å²) in [5.41, 5.74) is 1.54. The molecule has 1 aromatic carbocycles. The van der Waals surface area contributed by atoms with Gasteiger partial charge in [-0.25, -0.2) is 4.79 Å². The molecule has 0 bridgehead atoms. The molecular weight excluding hydrogens is 278 g/mol. The van der Waals surface area contributed by atoms with Gasteiger partial charge in [0.25, 0.3) is 5.91 Å². The number of benzene rings is 1. The van der Waals surface area contributed by atoms with Crippen molar-refractivity contribution in [3.63, 3.8) is 0 Å². The molecule has 1 fully saturated rings. The third-order valence-electron chi connectivity index (χ3n) is 3.43. The molecule has 1 heterocycles. The lowest BCUT2D eigenvalue weighted by Crippen LogP contribution is -2.41. The van der Waals surface area contributed by atoms with E-state index in [9.17, 15) is 9.59 Å². The minimum atomic E-state index is -0.449. The van der Waals surface area contributed by atoms with Gasteiger partial charge in [0.1, 0.15) is 6.04 Å². The Kier molecular flexibility index (Phi) is 5.01. The predicted octanol–water partition coefficient (Wildman–Crippen LogP) is 2.59. The number of rotatable bonds is 4. The number of hydrogen-bond donors (Lipinski definition) is 0. The van der Waals surface area contributed by atoms with E-state index in [0.717, 1.165) is 12.0 Å². The molecule has 0 N–H and O–H groups in total. The second-order valence-corrected chi connectivity index (χ2v) is 5.01. The number of halogens is 1. The van der Waals surface area contributed by atoms with Crippen LogP contribution in [0.15, 0.2) is 24.3 Å². The Hall–Kier alpha value is -1.55. The molecule has 0 spiro atoms. The van der Waals surface area contributed by atoms with Gasteiger partial charge < -0.3 is 9.64 Å². The molecule has 0 aromatic heterocycles. The monoisotopic (exact) mass is 295 g/mol. The first-order chi connectivity index (χ1) is 9.67. The van der Waals surface area contributed by atoms with E-state index in [2.05, 4.69) is 0 Å². The standard InChI is InChI=1S/C15H18ClNO3/c1-2-20-15(19)13-4-3-9-17(13)14(18)12-7-5-11(10-16)6-8-12/h5-8,13H,2-4,9-10H2,1H3. The average molecular weight is 296 g/mol. The topological polar surface area (TPSA) is 46.6 Å². The molecule has 1 amide bonds. The molecule has 20 heavy (non-hydrogen) atoms. The van der Waals surface area contributed by atoms with Crippen molar-refractivity contribution in [2.75, 3.05) is 13.2 Å². The van der Waals surface area contributed by atoms with Gasteiger partial charge in [-0.1, -0.05) is 12.1 Å². The number of alkyl halides is 1. The number of ether oxygens (including phenoxy) is 1. The normalized spacial score (nSPS) is 18.1. The van der Waals surface area contributed by atoms with E-state index in [1.807, 2.05) is 12.1 Å². The number of likely N-dealkylation sites (tertiary alicyclic amines) is 1. The fourth-order valence-corrected chi connectivity index (χ4v) is 2.57. The van der Waals surface area contributed by atoms with E-state index in [4.69, 9.17) is 16.3 Å². The first-order valence-electron chi connectivity index (χ1n) is 6.80. The van der Waals surface area contributed by atoms with Gasteiger partial charge in [-0.3, -0.25) is 4.79 Å². The Labute approximate surface area is 123 Å². The third-order valence-corrected chi connectivity index (χ3v) is 3.74. The summed E-state index contributed by atoms with van der Waals surface area (Å²) in [7, 11) is 0. The van der Waals surface area contributed by atoms with Gasteiger partial charge in [0.15, 0.2) is 0 Å². The van der Waals surface area contributed by atoms with Crippen LogP contribution in [-0.4, -0.2) is 36.0 Å². The smallest absolute Gasteiger partial charge is 0.328 e. The first-order valence-corrected chi connectivity index (χ1v) is 7.33. The Morgan fingerprint density at radius 2 is 2.05 bits per heavy atom. The molecule has 1 saturated heterocycles. The lowest BCUT2D eigenvalue weighted by molar-refractivity contribution is -0.147.